The van der Waals surface area contributed by atoms with Crippen LogP contribution in [0.1, 0.15) is 18.4 Å². The Hall–Kier alpha value is -0.490. The van der Waals surface area contributed by atoms with Crippen molar-refractivity contribution in [3.8, 4) is 0 Å². The van der Waals surface area contributed by atoms with Crippen LogP contribution in [-0.4, -0.2) is 24.2 Å². The topological polar surface area (TPSA) is 60.2 Å². The summed E-state index contributed by atoms with van der Waals surface area (Å²) >= 11 is 1.66. The average molecular weight is 215 g/mol. The lowest BCUT2D eigenvalue weighted by atomic mass is 10.1. The number of rotatable bonds is 7. The molecule has 0 bridgehead atoms. The van der Waals surface area contributed by atoms with Crippen LogP contribution in [0.15, 0.2) is 11.6 Å². The van der Waals surface area contributed by atoms with Crippen molar-refractivity contribution in [1.82, 2.24) is 10.4 Å². The molecule has 0 amide bonds. The first-order valence-electron chi connectivity index (χ1n) is 4.79. The molecule has 80 valence electrons. The molecule has 0 aromatic carbocycles. The molecule has 3 N–H and O–H groups in total. The van der Waals surface area contributed by atoms with Gasteiger partial charge in [-0.25, -0.2) is 4.98 Å². The average Bonchev–Trinajstić information content (AvgIpc) is 2.69. The number of nitrogens with zero attached hydrogens (tertiary/aromatic N) is 1. The molecule has 0 aliphatic heterocycles. The third kappa shape index (κ3) is 4.15. The van der Waals surface area contributed by atoms with E-state index in [1.54, 1.807) is 11.3 Å². The van der Waals surface area contributed by atoms with Gasteiger partial charge in [0, 0.05) is 37.3 Å². The molecular weight excluding hydrogens is 198 g/mol. The largest absolute Gasteiger partial charge is 0.382 e. The molecule has 1 unspecified atom stereocenters. The number of hydrazine groups is 1. The van der Waals surface area contributed by atoms with Crippen molar-refractivity contribution in [2.75, 3.05) is 13.2 Å². The Morgan fingerprint density at radius 2 is 2.57 bits per heavy atom. The zero-order valence-electron chi connectivity index (χ0n) is 8.40. The van der Waals surface area contributed by atoms with Gasteiger partial charge in [0.05, 0.1) is 5.01 Å². The number of hydrogen-bond donors (Lipinski definition) is 2. The van der Waals surface area contributed by atoms with E-state index in [1.165, 1.54) is 0 Å². The summed E-state index contributed by atoms with van der Waals surface area (Å²) < 4.78 is 5.27. The van der Waals surface area contributed by atoms with Crippen LogP contribution < -0.4 is 11.3 Å². The molecule has 1 rings (SSSR count). The van der Waals surface area contributed by atoms with E-state index in [-0.39, 0.29) is 6.04 Å². The molecule has 0 fully saturated rings. The Morgan fingerprint density at radius 1 is 1.71 bits per heavy atom. The normalized spacial score (nSPS) is 13.0. The van der Waals surface area contributed by atoms with E-state index in [9.17, 15) is 0 Å². The van der Waals surface area contributed by atoms with Gasteiger partial charge in [0.1, 0.15) is 0 Å². The summed E-state index contributed by atoms with van der Waals surface area (Å²) in [6.07, 6.45) is 3.61. The minimum atomic E-state index is 0.257. The number of ether oxygens (including phenoxy) is 1. The Kier molecular flexibility index (Phi) is 5.70. The van der Waals surface area contributed by atoms with E-state index in [0.717, 1.165) is 31.1 Å². The van der Waals surface area contributed by atoms with Gasteiger partial charge in [-0.05, 0) is 13.3 Å². The van der Waals surface area contributed by atoms with Gasteiger partial charge in [-0.2, -0.15) is 0 Å². The summed E-state index contributed by atoms with van der Waals surface area (Å²) in [6, 6.07) is 0.257. The van der Waals surface area contributed by atoms with Gasteiger partial charge in [0.25, 0.3) is 0 Å². The van der Waals surface area contributed by atoms with Crippen LogP contribution in [0.2, 0.25) is 0 Å². The highest BCUT2D eigenvalue weighted by atomic mass is 32.1. The van der Waals surface area contributed by atoms with Crippen molar-refractivity contribution in [3.05, 3.63) is 16.6 Å². The highest BCUT2D eigenvalue weighted by Crippen LogP contribution is 2.08. The molecule has 1 aromatic heterocycles. The number of aromatic nitrogens is 1. The highest BCUT2D eigenvalue weighted by Gasteiger charge is 2.08. The summed E-state index contributed by atoms with van der Waals surface area (Å²) in [6.45, 7) is 3.50. The predicted molar refractivity (Wildman–Crippen MR) is 58.0 cm³/mol. The van der Waals surface area contributed by atoms with Gasteiger partial charge in [-0.3, -0.25) is 11.3 Å². The van der Waals surface area contributed by atoms with E-state index in [4.69, 9.17) is 10.6 Å². The third-order valence-electron chi connectivity index (χ3n) is 1.95. The standard InChI is InChI=1S/C9H17N3OS/c1-2-13-5-3-8(12-10)7-9-11-4-6-14-9/h4,6,8,12H,2-3,5,7,10H2,1H3. The van der Waals surface area contributed by atoms with Gasteiger partial charge in [0.2, 0.25) is 0 Å². The summed E-state index contributed by atoms with van der Waals surface area (Å²) in [5, 5.41) is 3.09. The van der Waals surface area contributed by atoms with Crippen molar-refractivity contribution in [1.29, 1.82) is 0 Å². The Morgan fingerprint density at radius 3 is 3.14 bits per heavy atom. The second-order valence-electron chi connectivity index (χ2n) is 2.98. The van der Waals surface area contributed by atoms with Crippen LogP contribution in [0.4, 0.5) is 0 Å². The summed E-state index contributed by atoms with van der Waals surface area (Å²) in [4.78, 5) is 4.21. The van der Waals surface area contributed by atoms with Crippen molar-refractivity contribution in [2.45, 2.75) is 25.8 Å². The fraction of sp³-hybridized carbons (Fsp3) is 0.667. The van der Waals surface area contributed by atoms with Gasteiger partial charge in [0.15, 0.2) is 0 Å². The molecule has 14 heavy (non-hydrogen) atoms. The van der Waals surface area contributed by atoms with Crippen LogP contribution in [0, 0.1) is 0 Å². The summed E-state index contributed by atoms with van der Waals surface area (Å²) in [5.74, 6) is 5.44. The molecule has 0 spiro atoms. The first kappa shape index (κ1) is 11.6. The zero-order chi connectivity index (χ0) is 10.2. The van der Waals surface area contributed by atoms with Gasteiger partial charge in [-0.15, -0.1) is 11.3 Å². The van der Waals surface area contributed by atoms with E-state index >= 15 is 0 Å². The molecular formula is C9H17N3OS. The molecule has 0 aliphatic carbocycles. The predicted octanol–water partition coefficient (Wildman–Crippen LogP) is 0.944. The fourth-order valence-corrected chi connectivity index (χ4v) is 1.88. The van der Waals surface area contributed by atoms with E-state index in [1.807, 2.05) is 18.5 Å². The van der Waals surface area contributed by atoms with E-state index < -0.39 is 0 Å². The van der Waals surface area contributed by atoms with E-state index in [0.29, 0.717) is 0 Å². The molecule has 5 heteroatoms. The Labute approximate surface area is 88.5 Å². The second-order valence-corrected chi connectivity index (χ2v) is 3.96. The molecule has 4 nitrogen and oxygen atoms in total. The summed E-state index contributed by atoms with van der Waals surface area (Å²) in [7, 11) is 0. The monoisotopic (exact) mass is 215 g/mol. The zero-order valence-corrected chi connectivity index (χ0v) is 9.22. The van der Waals surface area contributed by atoms with Crippen LogP contribution >= 0.6 is 11.3 Å². The lowest BCUT2D eigenvalue weighted by Crippen LogP contribution is -2.37. The van der Waals surface area contributed by atoms with Crippen LogP contribution in [0.3, 0.4) is 0 Å². The number of thiazole rings is 1. The number of nitrogens with two attached hydrogens (primary N) is 1. The van der Waals surface area contributed by atoms with Gasteiger partial charge < -0.3 is 4.74 Å². The van der Waals surface area contributed by atoms with Crippen molar-refractivity contribution < 1.29 is 4.74 Å². The lowest BCUT2D eigenvalue weighted by molar-refractivity contribution is 0.136. The van der Waals surface area contributed by atoms with Crippen molar-refractivity contribution >= 4 is 11.3 Å². The number of hydrogen-bond acceptors (Lipinski definition) is 5. The second kappa shape index (κ2) is 6.89. The maximum Gasteiger partial charge on any atom is 0.0940 e. The maximum atomic E-state index is 5.44. The summed E-state index contributed by atoms with van der Waals surface area (Å²) in [5.41, 5.74) is 2.79. The van der Waals surface area contributed by atoms with Crippen molar-refractivity contribution in [2.24, 2.45) is 5.84 Å². The van der Waals surface area contributed by atoms with Crippen LogP contribution in [-0.2, 0) is 11.2 Å². The Bertz CT molecular complexity index is 228. The maximum absolute atomic E-state index is 5.44. The van der Waals surface area contributed by atoms with Crippen LogP contribution in [0.5, 0.6) is 0 Å². The molecule has 1 heterocycles. The molecule has 1 atom stereocenters. The first-order chi connectivity index (χ1) is 6.86. The highest BCUT2D eigenvalue weighted by molar-refractivity contribution is 7.09. The third-order valence-corrected chi connectivity index (χ3v) is 2.76. The number of nitrogens with one attached hydrogen (secondary N) is 1. The molecule has 0 saturated heterocycles. The van der Waals surface area contributed by atoms with Gasteiger partial charge in [-0.1, -0.05) is 0 Å². The molecule has 0 saturated carbocycles. The lowest BCUT2D eigenvalue weighted by Gasteiger charge is -2.13. The first-order valence-corrected chi connectivity index (χ1v) is 5.67. The Balaban J connectivity index is 2.24. The minimum Gasteiger partial charge on any atom is -0.382 e. The minimum absolute atomic E-state index is 0.257. The SMILES string of the molecule is CCOCCC(Cc1nccs1)NN. The quantitative estimate of drug-likeness (QED) is 0.404. The smallest absolute Gasteiger partial charge is 0.0940 e. The fourth-order valence-electron chi connectivity index (χ4n) is 1.18. The van der Waals surface area contributed by atoms with Gasteiger partial charge >= 0.3 is 0 Å². The molecule has 1 aromatic rings. The van der Waals surface area contributed by atoms with Crippen LogP contribution in [0.25, 0.3) is 0 Å². The van der Waals surface area contributed by atoms with Crippen molar-refractivity contribution in [3.63, 3.8) is 0 Å². The molecule has 0 aliphatic rings. The molecule has 0 radical (unpaired) electrons. The van der Waals surface area contributed by atoms with E-state index in [2.05, 4.69) is 10.4 Å².